The van der Waals surface area contributed by atoms with Crippen LogP contribution in [0.1, 0.15) is 19.8 Å². The average molecular weight is 212 g/mol. The van der Waals surface area contributed by atoms with Gasteiger partial charge in [0, 0.05) is 19.2 Å². The highest BCUT2D eigenvalue weighted by atomic mass is 16.5. The Balaban J connectivity index is 1.87. The standard InChI is InChI=1S/C12H24N2O/c1-12(9-15-3)6-11(7-13-12)10-4-5-14(2)8-10/h10-11,13H,4-9H2,1-3H3. The molecule has 2 rings (SSSR count). The van der Waals surface area contributed by atoms with Crippen LogP contribution in [0.2, 0.25) is 0 Å². The Morgan fingerprint density at radius 3 is 2.87 bits per heavy atom. The molecule has 1 N–H and O–H groups in total. The lowest BCUT2D eigenvalue weighted by Gasteiger charge is -2.24. The predicted octanol–water partition coefficient (Wildman–Crippen LogP) is 0.953. The van der Waals surface area contributed by atoms with Crippen LogP contribution >= 0.6 is 0 Å². The van der Waals surface area contributed by atoms with Crippen molar-refractivity contribution in [2.24, 2.45) is 11.8 Å². The van der Waals surface area contributed by atoms with Crippen molar-refractivity contribution in [2.45, 2.75) is 25.3 Å². The molecule has 88 valence electrons. The van der Waals surface area contributed by atoms with E-state index in [9.17, 15) is 0 Å². The summed E-state index contributed by atoms with van der Waals surface area (Å²) in [7, 11) is 4.03. The summed E-state index contributed by atoms with van der Waals surface area (Å²) in [6, 6.07) is 0. The normalized spacial score (nSPS) is 42.6. The molecule has 0 bridgehead atoms. The first kappa shape index (κ1) is 11.4. The highest BCUT2D eigenvalue weighted by Gasteiger charge is 2.39. The second-order valence-corrected chi connectivity index (χ2v) is 5.65. The summed E-state index contributed by atoms with van der Waals surface area (Å²) in [4.78, 5) is 2.46. The van der Waals surface area contributed by atoms with E-state index in [0.717, 1.165) is 18.4 Å². The second kappa shape index (κ2) is 4.40. The van der Waals surface area contributed by atoms with Gasteiger partial charge in [0.2, 0.25) is 0 Å². The Bertz CT molecular complexity index is 222. The van der Waals surface area contributed by atoms with Crippen molar-refractivity contribution in [1.29, 1.82) is 0 Å². The number of nitrogens with one attached hydrogen (secondary N) is 1. The first-order valence-corrected chi connectivity index (χ1v) is 6.05. The van der Waals surface area contributed by atoms with Crippen LogP contribution in [-0.4, -0.2) is 50.8 Å². The Morgan fingerprint density at radius 2 is 2.27 bits per heavy atom. The molecule has 0 saturated carbocycles. The minimum atomic E-state index is 0.223. The molecule has 3 heteroatoms. The fraction of sp³-hybridized carbons (Fsp3) is 1.00. The molecule has 3 nitrogen and oxygen atoms in total. The van der Waals surface area contributed by atoms with Crippen LogP contribution in [0.4, 0.5) is 0 Å². The maximum atomic E-state index is 5.29. The first-order valence-electron chi connectivity index (χ1n) is 6.05. The SMILES string of the molecule is COCC1(C)CC(C2CCN(C)C2)CN1. The molecule has 2 aliphatic heterocycles. The van der Waals surface area contributed by atoms with Crippen LogP contribution in [-0.2, 0) is 4.74 Å². The van der Waals surface area contributed by atoms with E-state index in [1.807, 2.05) is 0 Å². The van der Waals surface area contributed by atoms with Gasteiger partial charge in [-0.15, -0.1) is 0 Å². The van der Waals surface area contributed by atoms with Gasteiger partial charge in [0.1, 0.15) is 0 Å². The van der Waals surface area contributed by atoms with Crippen LogP contribution < -0.4 is 5.32 Å². The van der Waals surface area contributed by atoms with E-state index in [0.29, 0.717) is 0 Å². The van der Waals surface area contributed by atoms with Crippen LogP contribution in [0.15, 0.2) is 0 Å². The van der Waals surface area contributed by atoms with Crippen LogP contribution in [0.25, 0.3) is 0 Å². The molecule has 0 radical (unpaired) electrons. The Labute approximate surface area is 93.2 Å². The molecule has 2 aliphatic rings. The highest BCUT2D eigenvalue weighted by Crippen LogP contribution is 2.33. The van der Waals surface area contributed by atoms with Crippen molar-refractivity contribution in [3.05, 3.63) is 0 Å². The summed E-state index contributed by atoms with van der Waals surface area (Å²) in [5.41, 5.74) is 0.223. The smallest absolute Gasteiger partial charge is 0.0641 e. The maximum absolute atomic E-state index is 5.29. The predicted molar refractivity (Wildman–Crippen MR) is 62.0 cm³/mol. The van der Waals surface area contributed by atoms with Gasteiger partial charge >= 0.3 is 0 Å². The number of ether oxygens (including phenoxy) is 1. The summed E-state index contributed by atoms with van der Waals surface area (Å²) in [5.74, 6) is 1.76. The summed E-state index contributed by atoms with van der Waals surface area (Å²) >= 11 is 0. The third kappa shape index (κ3) is 2.52. The van der Waals surface area contributed by atoms with Gasteiger partial charge in [-0.05, 0) is 51.7 Å². The fourth-order valence-electron chi connectivity index (χ4n) is 3.22. The number of methoxy groups -OCH3 is 1. The monoisotopic (exact) mass is 212 g/mol. The average Bonchev–Trinajstić information content (AvgIpc) is 2.73. The van der Waals surface area contributed by atoms with Crippen LogP contribution in [0.5, 0.6) is 0 Å². The van der Waals surface area contributed by atoms with E-state index in [2.05, 4.69) is 24.2 Å². The van der Waals surface area contributed by atoms with Gasteiger partial charge in [-0.1, -0.05) is 0 Å². The zero-order valence-corrected chi connectivity index (χ0v) is 10.3. The molecular formula is C12H24N2O. The molecule has 3 unspecified atom stereocenters. The van der Waals surface area contributed by atoms with Gasteiger partial charge in [0.05, 0.1) is 6.61 Å². The molecule has 0 aliphatic carbocycles. The Kier molecular flexibility index (Phi) is 3.33. The first-order chi connectivity index (χ1) is 7.13. The Morgan fingerprint density at radius 1 is 1.47 bits per heavy atom. The molecule has 2 fully saturated rings. The lowest BCUT2D eigenvalue weighted by molar-refractivity contribution is 0.126. The highest BCUT2D eigenvalue weighted by molar-refractivity contribution is 4.96. The van der Waals surface area contributed by atoms with Gasteiger partial charge in [-0.3, -0.25) is 0 Å². The molecule has 0 aromatic rings. The van der Waals surface area contributed by atoms with Gasteiger partial charge in [-0.2, -0.15) is 0 Å². The van der Waals surface area contributed by atoms with Crippen LogP contribution in [0.3, 0.4) is 0 Å². The Hall–Kier alpha value is -0.120. The van der Waals surface area contributed by atoms with E-state index >= 15 is 0 Å². The molecule has 2 heterocycles. The zero-order valence-electron chi connectivity index (χ0n) is 10.3. The second-order valence-electron chi connectivity index (χ2n) is 5.65. The third-order valence-corrected chi connectivity index (χ3v) is 4.06. The molecular weight excluding hydrogens is 188 g/mol. The zero-order chi connectivity index (χ0) is 10.9. The lowest BCUT2D eigenvalue weighted by Crippen LogP contribution is -2.40. The van der Waals surface area contributed by atoms with Gasteiger partial charge in [0.15, 0.2) is 0 Å². The molecule has 0 aromatic heterocycles. The van der Waals surface area contributed by atoms with E-state index in [-0.39, 0.29) is 5.54 Å². The summed E-state index contributed by atoms with van der Waals surface area (Å²) < 4.78 is 5.29. The largest absolute Gasteiger partial charge is 0.383 e. The van der Waals surface area contributed by atoms with Crippen LogP contribution in [0, 0.1) is 11.8 Å². The van der Waals surface area contributed by atoms with E-state index in [4.69, 9.17) is 4.74 Å². The molecule has 0 spiro atoms. The molecule has 15 heavy (non-hydrogen) atoms. The van der Waals surface area contributed by atoms with Crippen molar-refractivity contribution in [2.75, 3.05) is 40.4 Å². The quantitative estimate of drug-likeness (QED) is 0.754. The van der Waals surface area contributed by atoms with Gasteiger partial charge in [0.25, 0.3) is 0 Å². The summed E-state index contributed by atoms with van der Waals surface area (Å²) in [5, 5.41) is 3.63. The molecule has 3 atom stereocenters. The van der Waals surface area contributed by atoms with Crippen molar-refractivity contribution in [1.82, 2.24) is 10.2 Å². The van der Waals surface area contributed by atoms with Gasteiger partial charge in [-0.25, -0.2) is 0 Å². The number of hydrogen-bond acceptors (Lipinski definition) is 3. The topological polar surface area (TPSA) is 24.5 Å². The maximum Gasteiger partial charge on any atom is 0.0641 e. The summed E-state index contributed by atoms with van der Waals surface area (Å²) in [6.07, 6.45) is 2.66. The fourth-order valence-corrected chi connectivity index (χ4v) is 3.22. The number of likely N-dealkylation sites (tertiary alicyclic amines) is 1. The van der Waals surface area contributed by atoms with Crippen molar-refractivity contribution < 1.29 is 4.74 Å². The number of hydrogen-bond donors (Lipinski definition) is 1. The number of rotatable bonds is 3. The van der Waals surface area contributed by atoms with Crippen molar-refractivity contribution in [3.8, 4) is 0 Å². The minimum absolute atomic E-state index is 0.223. The van der Waals surface area contributed by atoms with Crippen molar-refractivity contribution in [3.63, 3.8) is 0 Å². The van der Waals surface area contributed by atoms with E-state index in [1.54, 1.807) is 7.11 Å². The molecule has 0 amide bonds. The molecule has 2 saturated heterocycles. The third-order valence-electron chi connectivity index (χ3n) is 4.06. The van der Waals surface area contributed by atoms with Gasteiger partial charge < -0.3 is 15.0 Å². The van der Waals surface area contributed by atoms with Crippen molar-refractivity contribution >= 4 is 0 Å². The molecule has 0 aromatic carbocycles. The van der Waals surface area contributed by atoms with E-state index < -0.39 is 0 Å². The minimum Gasteiger partial charge on any atom is -0.383 e. The summed E-state index contributed by atoms with van der Waals surface area (Å²) in [6.45, 7) is 6.87. The number of nitrogens with zero attached hydrogens (tertiary/aromatic N) is 1. The lowest BCUT2D eigenvalue weighted by atomic mass is 9.86. The van der Waals surface area contributed by atoms with E-state index in [1.165, 1.54) is 32.5 Å².